The SMILES string of the molecule is CCC(CCN)N1CCN(Cc2cccc(OC)n2)CC1. The van der Waals surface area contributed by atoms with Gasteiger partial charge in [0.15, 0.2) is 0 Å². The molecule has 0 radical (unpaired) electrons. The summed E-state index contributed by atoms with van der Waals surface area (Å²) in [5.41, 5.74) is 6.79. The van der Waals surface area contributed by atoms with Gasteiger partial charge in [0.25, 0.3) is 0 Å². The quantitative estimate of drug-likeness (QED) is 0.822. The van der Waals surface area contributed by atoms with Gasteiger partial charge in [0.2, 0.25) is 5.88 Å². The Morgan fingerprint density at radius 1 is 1.29 bits per heavy atom. The molecule has 2 N–H and O–H groups in total. The molecule has 1 saturated heterocycles. The predicted molar refractivity (Wildman–Crippen MR) is 85.4 cm³/mol. The Labute approximate surface area is 128 Å². The third-order valence-corrected chi connectivity index (χ3v) is 4.27. The molecule has 1 unspecified atom stereocenters. The number of nitrogens with zero attached hydrogens (tertiary/aromatic N) is 3. The van der Waals surface area contributed by atoms with Crippen LogP contribution in [0.15, 0.2) is 18.2 Å². The lowest BCUT2D eigenvalue weighted by Crippen LogP contribution is -2.50. The Hall–Kier alpha value is -1.17. The number of hydrogen-bond donors (Lipinski definition) is 1. The Morgan fingerprint density at radius 3 is 2.67 bits per heavy atom. The lowest BCUT2D eigenvalue weighted by atomic mass is 10.1. The second-order valence-electron chi connectivity index (χ2n) is 5.62. The van der Waals surface area contributed by atoms with Gasteiger partial charge < -0.3 is 10.5 Å². The molecule has 0 aromatic carbocycles. The summed E-state index contributed by atoms with van der Waals surface area (Å²) in [5, 5.41) is 0. The van der Waals surface area contributed by atoms with Gasteiger partial charge >= 0.3 is 0 Å². The summed E-state index contributed by atoms with van der Waals surface area (Å²) in [6.45, 7) is 8.39. The maximum absolute atomic E-state index is 5.71. The van der Waals surface area contributed by atoms with Crippen LogP contribution in [0.2, 0.25) is 0 Å². The van der Waals surface area contributed by atoms with Gasteiger partial charge in [-0.1, -0.05) is 13.0 Å². The fourth-order valence-corrected chi connectivity index (χ4v) is 3.01. The van der Waals surface area contributed by atoms with Gasteiger partial charge in [-0.25, -0.2) is 4.98 Å². The molecule has 1 fully saturated rings. The van der Waals surface area contributed by atoms with Gasteiger partial charge in [-0.05, 0) is 25.5 Å². The van der Waals surface area contributed by atoms with Crippen LogP contribution in [0.4, 0.5) is 0 Å². The zero-order chi connectivity index (χ0) is 15.1. The molecule has 1 aromatic rings. The third kappa shape index (κ3) is 4.66. The maximum Gasteiger partial charge on any atom is 0.213 e. The Kier molecular flexibility index (Phi) is 6.42. The van der Waals surface area contributed by atoms with E-state index in [1.54, 1.807) is 7.11 Å². The zero-order valence-corrected chi connectivity index (χ0v) is 13.3. The first kappa shape index (κ1) is 16.2. The minimum atomic E-state index is 0.645. The smallest absolute Gasteiger partial charge is 0.213 e. The highest BCUT2D eigenvalue weighted by molar-refractivity contribution is 5.15. The highest BCUT2D eigenvalue weighted by Gasteiger charge is 2.22. The Morgan fingerprint density at radius 2 is 2.05 bits per heavy atom. The minimum absolute atomic E-state index is 0.645. The fraction of sp³-hybridized carbons (Fsp3) is 0.688. The largest absolute Gasteiger partial charge is 0.481 e. The lowest BCUT2D eigenvalue weighted by Gasteiger charge is -2.39. The molecule has 5 heteroatoms. The number of rotatable bonds is 7. The van der Waals surface area contributed by atoms with E-state index in [0.29, 0.717) is 11.9 Å². The highest BCUT2D eigenvalue weighted by atomic mass is 16.5. The van der Waals surface area contributed by atoms with Crippen LogP contribution in [-0.4, -0.2) is 60.7 Å². The summed E-state index contributed by atoms with van der Waals surface area (Å²) in [6.07, 6.45) is 2.29. The van der Waals surface area contributed by atoms with Crippen LogP contribution in [-0.2, 0) is 6.54 Å². The minimum Gasteiger partial charge on any atom is -0.481 e. The molecule has 1 aliphatic heterocycles. The Balaban J connectivity index is 1.83. The van der Waals surface area contributed by atoms with Gasteiger partial charge in [-0.2, -0.15) is 0 Å². The molecule has 1 atom stereocenters. The topological polar surface area (TPSA) is 54.6 Å². The van der Waals surface area contributed by atoms with Crippen LogP contribution < -0.4 is 10.5 Å². The molecule has 2 rings (SSSR count). The van der Waals surface area contributed by atoms with E-state index in [-0.39, 0.29) is 0 Å². The van der Waals surface area contributed by atoms with E-state index in [9.17, 15) is 0 Å². The standard InChI is InChI=1S/C16H28N4O/c1-3-15(7-8-17)20-11-9-19(10-12-20)13-14-5-4-6-16(18-14)21-2/h4-6,15H,3,7-13,17H2,1-2H3. The molecule has 1 aromatic heterocycles. The number of pyridine rings is 1. The second kappa shape index (κ2) is 8.32. The highest BCUT2D eigenvalue weighted by Crippen LogP contribution is 2.14. The zero-order valence-electron chi connectivity index (χ0n) is 13.3. The molecular weight excluding hydrogens is 264 g/mol. The first-order chi connectivity index (χ1) is 10.3. The van der Waals surface area contributed by atoms with Crippen molar-refractivity contribution in [3.63, 3.8) is 0 Å². The predicted octanol–water partition coefficient (Wildman–Crippen LogP) is 1.34. The van der Waals surface area contributed by atoms with Crippen molar-refractivity contribution in [1.82, 2.24) is 14.8 Å². The van der Waals surface area contributed by atoms with E-state index < -0.39 is 0 Å². The number of aromatic nitrogens is 1. The fourth-order valence-electron chi connectivity index (χ4n) is 3.01. The van der Waals surface area contributed by atoms with Gasteiger partial charge in [-0.15, -0.1) is 0 Å². The molecule has 5 nitrogen and oxygen atoms in total. The molecule has 21 heavy (non-hydrogen) atoms. The van der Waals surface area contributed by atoms with Crippen LogP contribution in [0.3, 0.4) is 0 Å². The number of hydrogen-bond acceptors (Lipinski definition) is 5. The number of methoxy groups -OCH3 is 1. The van der Waals surface area contributed by atoms with E-state index in [1.807, 2.05) is 12.1 Å². The molecule has 0 spiro atoms. The van der Waals surface area contributed by atoms with Gasteiger partial charge in [0.05, 0.1) is 12.8 Å². The van der Waals surface area contributed by atoms with Crippen molar-refractivity contribution in [1.29, 1.82) is 0 Å². The average Bonchev–Trinajstić information content (AvgIpc) is 2.54. The van der Waals surface area contributed by atoms with E-state index in [0.717, 1.165) is 51.4 Å². The number of piperazine rings is 1. The van der Waals surface area contributed by atoms with Gasteiger partial charge in [-0.3, -0.25) is 9.80 Å². The molecule has 0 bridgehead atoms. The van der Waals surface area contributed by atoms with Crippen LogP contribution >= 0.6 is 0 Å². The molecule has 0 amide bonds. The van der Waals surface area contributed by atoms with E-state index >= 15 is 0 Å². The summed E-state index contributed by atoms with van der Waals surface area (Å²) in [7, 11) is 1.66. The van der Waals surface area contributed by atoms with Crippen molar-refractivity contribution < 1.29 is 4.74 Å². The third-order valence-electron chi connectivity index (χ3n) is 4.27. The summed E-state index contributed by atoms with van der Waals surface area (Å²) in [5.74, 6) is 0.695. The van der Waals surface area contributed by atoms with Crippen LogP contribution in [0.5, 0.6) is 5.88 Å². The summed E-state index contributed by atoms with van der Waals surface area (Å²) in [4.78, 5) is 9.54. The number of ether oxygens (including phenoxy) is 1. The van der Waals surface area contributed by atoms with Crippen molar-refractivity contribution in [3.8, 4) is 5.88 Å². The summed E-state index contributed by atoms with van der Waals surface area (Å²) >= 11 is 0. The lowest BCUT2D eigenvalue weighted by molar-refractivity contribution is 0.0863. The van der Waals surface area contributed by atoms with E-state index in [2.05, 4.69) is 27.8 Å². The van der Waals surface area contributed by atoms with Crippen molar-refractivity contribution in [3.05, 3.63) is 23.9 Å². The normalized spacial score (nSPS) is 18.6. The summed E-state index contributed by atoms with van der Waals surface area (Å²) < 4.78 is 5.18. The number of nitrogens with two attached hydrogens (primary N) is 1. The van der Waals surface area contributed by atoms with Gasteiger partial charge in [0, 0.05) is 44.8 Å². The van der Waals surface area contributed by atoms with Crippen molar-refractivity contribution in [2.75, 3.05) is 39.8 Å². The molecule has 0 saturated carbocycles. The van der Waals surface area contributed by atoms with Crippen molar-refractivity contribution >= 4 is 0 Å². The summed E-state index contributed by atoms with van der Waals surface area (Å²) in [6, 6.07) is 6.61. The molecule has 0 aliphatic carbocycles. The average molecular weight is 292 g/mol. The van der Waals surface area contributed by atoms with Crippen LogP contribution in [0, 0.1) is 0 Å². The second-order valence-corrected chi connectivity index (χ2v) is 5.62. The molecular formula is C16H28N4O. The maximum atomic E-state index is 5.71. The first-order valence-electron chi connectivity index (χ1n) is 7.93. The van der Waals surface area contributed by atoms with E-state index in [1.165, 1.54) is 6.42 Å². The molecule has 118 valence electrons. The Bertz CT molecular complexity index is 418. The van der Waals surface area contributed by atoms with Crippen LogP contribution in [0.25, 0.3) is 0 Å². The van der Waals surface area contributed by atoms with Crippen molar-refractivity contribution in [2.45, 2.75) is 32.4 Å². The molecule has 1 aliphatic rings. The molecule has 2 heterocycles. The first-order valence-corrected chi connectivity index (χ1v) is 7.93. The van der Waals surface area contributed by atoms with Crippen molar-refractivity contribution in [2.24, 2.45) is 5.73 Å². The monoisotopic (exact) mass is 292 g/mol. The van der Waals surface area contributed by atoms with Crippen LogP contribution in [0.1, 0.15) is 25.5 Å². The van der Waals surface area contributed by atoms with Gasteiger partial charge in [0.1, 0.15) is 0 Å². The van der Waals surface area contributed by atoms with E-state index in [4.69, 9.17) is 10.5 Å².